The van der Waals surface area contributed by atoms with E-state index in [0.29, 0.717) is 48.1 Å². The second-order valence-corrected chi connectivity index (χ2v) is 8.15. The minimum Gasteiger partial charge on any atom is -0.496 e. The van der Waals surface area contributed by atoms with Crippen molar-refractivity contribution in [2.24, 2.45) is 5.92 Å². The van der Waals surface area contributed by atoms with Gasteiger partial charge in [0.15, 0.2) is 0 Å². The highest BCUT2D eigenvalue weighted by molar-refractivity contribution is 5.96. The van der Waals surface area contributed by atoms with Gasteiger partial charge in [-0.3, -0.25) is 4.79 Å². The van der Waals surface area contributed by atoms with Crippen molar-refractivity contribution in [3.8, 4) is 23.1 Å². The molecule has 4 rings (SSSR count). The number of amides is 1. The quantitative estimate of drug-likeness (QED) is 0.600. The number of para-hydroxylation sites is 1. The number of hydrogen-bond acceptors (Lipinski definition) is 6. The van der Waals surface area contributed by atoms with Gasteiger partial charge in [0.2, 0.25) is 0 Å². The number of ether oxygens (including phenoxy) is 2. The average Bonchev–Trinajstić information content (AvgIpc) is 3.19. The minimum absolute atomic E-state index is 0.101. The number of nitrogen functional groups attached to an aromatic ring is 1. The second kappa shape index (κ2) is 9.76. The fourth-order valence-electron chi connectivity index (χ4n) is 4.14. The highest BCUT2D eigenvalue weighted by atomic mass is 16.5. The molecule has 1 aromatic heterocycles. The van der Waals surface area contributed by atoms with Crippen LogP contribution in [-0.4, -0.2) is 36.0 Å². The number of carbonyl (C=O) groups is 1. The Labute approximate surface area is 192 Å². The lowest BCUT2D eigenvalue weighted by molar-refractivity contribution is 0.0258. The number of aromatic nitrogens is 2. The molecular formula is C25H27N5O3. The molecular weight excluding hydrogens is 418 g/mol. The Morgan fingerprint density at radius 1 is 1.30 bits per heavy atom. The van der Waals surface area contributed by atoms with Gasteiger partial charge in [0, 0.05) is 24.6 Å². The molecule has 2 aromatic carbocycles. The van der Waals surface area contributed by atoms with E-state index in [1.54, 1.807) is 22.9 Å². The molecule has 0 saturated carbocycles. The SMILES string of the molecule is COc1ccccc1C(=O)NCc1ccc(-c2nn(C3CCOCC3C)c(N)c2C#N)cc1. The predicted molar refractivity (Wildman–Crippen MR) is 125 cm³/mol. The molecule has 1 aliphatic heterocycles. The van der Waals surface area contributed by atoms with Crippen molar-refractivity contribution in [2.45, 2.75) is 25.9 Å². The first kappa shape index (κ1) is 22.4. The molecule has 0 aliphatic carbocycles. The van der Waals surface area contributed by atoms with Crippen LogP contribution in [0.15, 0.2) is 48.5 Å². The second-order valence-electron chi connectivity index (χ2n) is 8.15. The standard InChI is InChI=1S/C25H27N5O3/c1-16-15-33-12-11-21(16)30-24(27)20(13-26)23(29-30)18-9-7-17(8-10-18)14-28-25(31)19-5-3-4-6-22(19)32-2/h3-10,16,21H,11-12,14-15,27H2,1-2H3,(H,28,31). The molecule has 33 heavy (non-hydrogen) atoms. The Morgan fingerprint density at radius 2 is 2.06 bits per heavy atom. The van der Waals surface area contributed by atoms with Crippen LogP contribution in [0, 0.1) is 17.2 Å². The molecule has 8 heteroatoms. The Morgan fingerprint density at radius 3 is 2.76 bits per heavy atom. The van der Waals surface area contributed by atoms with E-state index >= 15 is 0 Å². The molecule has 3 aromatic rings. The smallest absolute Gasteiger partial charge is 0.255 e. The summed E-state index contributed by atoms with van der Waals surface area (Å²) in [6.07, 6.45) is 0.808. The number of nitriles is 1. The van der Waals surface area contributed by atoms with E-state index in [4.69, 9.17) is 20.3 Å². The number of rotatable bonds is 6. The summed E-state index contributed by atoms with van der Waals surface area (Å²) >= 11 is 0. The first-order valence-corrected chi connectivity index (χ1v) is 10.9. The van der Waals surface area contributed by atoms with E-state index in [0.717, 1.165) is 17.5 Å². The maximum absolute atomic E-state index is 12.5. The van der Waals surface area contributed by atoms with Crippen LogP contribution in [-0.2, 0) is 11.3 Å². The van der Waals surface area contributed by atoms with Crippen molar-refractivity contribution in [1.82, 2.24) is 15.1 Å². The Balaban J connectivity index is 1.51. The lowest BCUT2D eigenvalue weighted by Gasteiger charge is -2.29. The van der Waals surface area contributed by atoms with Crippen LogP contribution < -0.4 is 15.8 Å². The van der Waals surface area contributed by atoms with Crippen LogP contribution in [0.1, 0.15) is 40.9 Å². The van der Waals surface area contributed by atoms with Crippen molar-refractivity contribution in [1.29, 1.82) is 5.26 Å². The number of nitrogens with zero attached hydrogens (tertiary/aromatic N) is 3. The fraction of sp³-hybridized carbons (Fsp3) is 0.320. The third-order valence-electron chi connectivity index (χ3n) is 6.00. The fourth-order valence-corrected chi connectivity index (χ4v) is 4.14. The maximum Gasteiger partial charge on any atom is 0.255 e. The third kappa shape index (κ3) is 4.54. The van der Waals surface area contributed by atoms with Gasteiger partial charge in [-0.25, -0.2) is 4.68 Å². The largest absolute Gasteiger partial charge is 0.496 e. The molecule has 8 nitrogen and oxygen atoms in total. The van der Waals surface area contributed by atoms with Crippen LogP contribution in [0.4, 0.5) is 5.82 Å². The summed E-state index contributed by atoms with van der Waals surface area (Å²) in [7, 11) is 1.54. The van der Waals surface area contributed by atoms with Gasteiger partial charge in [-0.15, -0.1) is 0 Å². The highest BCUT2D eigenvalue weighted by Gasteiger charge is 2.28. The number of methoxy groups -OCH3 is 1. The number of anilines is 1. The normalized spacial score (nSPS) is 17.8. The molecule has 2 unspecified atom stereocenters. The molecule has 0 bridgehead atoms. The number of benzene rings is 2. The molecule has 1 fully saturated rings. The summed E-state index contributed by atoms with van der Waals surface area (Å²) in [6, 6.07) is 17.0. The lowest BCUT2D eigenvalue weighted by Crippen LogP contribution is -2.29. The summed E-state index contributed by atoms with van der Waals surface area (Å²) in [6.45, 7) is 3.76. The Hall–Kier alpha value is -3.83. The maximum atomic E-state index is 12.5. The van der Waals surface area contributed by atoms with E-state index in [-0.39, 0.29) is 17.9 Å². The molecule has 2 heterocycles. The van der Waals surface area contributed by atoms with Crippen molar-refractivity contribution in [3.05, 3.63) is 65.2 Å². The van der Waals surface area contributed by atoms with E-state index in [1.807, 2.05) is 30.3 Å². The van der Waals surface area contributed by atoms with Gasteiger partial charge in [0.05, 0.1) is 25.3 Å². The zero-order chi connectivity index (χ0) is 23.4. The molecule has 1 saturated heterocycles. The summed E-state index contributed by atoms with van der Waals surface area (Å²) < 4.78 is 12.6. The monoisotopic (exact) mass is 445 g/mol. The van der Waals surface area contributed by atoms with E-state index in [1.165, 1.54) is 7.11 Å². The molecule has 170 valence electrons. The molecule has 0 radical (unpaired) electrons. The summed E-state index contributed by atoms with van der Waals surface area (Å²) in [5, 5.41) is 17.4. The van der Waals surface area contributed by atoms with Crippen LogP contribution in [0.5, 0.6) is 5.75 Å². The predicted octanol–water partition coefficient (Wildman–Crippen LogP) is 3.54. The van der Waals surface area contributed by atoms with Gasteiger partial charge < -0.3 is 20.5 Å². The topological polar surface area (TPSA) is 115 Å². The average molecular weight is 446 g/mol. The van der Waals surface area contributed by atoms with Gasteiger partial charge in [0.25, 0.3) is 5.91 Å². The molecule has 3 N–H and O–H groups in total. The van der Waals surface area contributed by atoms with E-state index < -0.39 is 0 Å². The van der Waals surface area contributed by atoms with Crippen LogP contribution in [0.3, 0.4) is 0 Å². The van der Waals surface area contributed by atoms with Crippen LogP contribution >= 0.6 is 0 Å². The molecule has 0 spiro atoms. The van der Waals surface area contributed by atoms with Crippen molar-refractivity contribution >= 4 is 11.7 Å². The third-order valence-corrected chi connectivity index (χ3v) is 6.00. The minimum atomic E-state index is -0.208. The Kier molecular flexibility index (Phi) is 6.61. The first-order chi connectivity index (χ1) is 16.0. The van der Waals surface area contributed by atoms with Gasteiger partial charge in [-0.2, -0.15) is 10.4 Å². The number of nitrogens with two attached hydrogens (primary N) is 1. The molecule has 2 atom stereocenters. The van der Waals surface area contributed by atoms with Gasteiger partial charge in [-0.05, 0) is 24.1 Å². The number of carbonyl (C=O) groups excluding carboxylic acids is 1. The number of hydrogen-bond donors (Lipinski definition) is 2. The van der Waals surface area contributed by atoms with Gasteiger partial charge >= 0.3 is 0 Å². The number of nitrogens with one attached hydrogen (secondary N) is 1. The summed E-state index contributed by atoms with van der Waals surface area (Å²) in [5.41, 5.74) is 9.47. The zero-order valence-corrected chi connectivity index (χ0v) is 18.7. The lowest BCUT2D eigenvalue weighted by atomic mass is 9.98. The van der Waals surface area contributed by atoms with E-state index in [9.17, 15) is 10.1 Å². The van der Waals surface area contributed by atoms with Gasteiger partial charge in [-0.1, -0.05) is 43.3 Å². The molecule has 1 amide bonds. The van der Waals surface area contributed by atoms with Crippen molar-refractivity contribution in [3.63, 3.8) is 0 Å². The summed E-state index contributed by atoms with van der Waals surface area (Å²) in [5.74, 6) is 0.968. The first-order valence-electron chi connectivity index (χ1n) is 10.9. The van der Waals surface area contributed by atoms with E-state index in [2.05, 4.69) is 18.3 Å². The Bertz CT molecular complexity index is 1180. The zero-order valence-electron chi connectivity index (χ0n) is 18.7. The van der Waals surface area contributed by atoms with Crippen molar-refractivity contribution < 1.29 is 14.3 Å². The molecule has 1 aliphatic rings. The van der Waals surface area contributed by atoms with Crippen LogP contribution in [0.2, 0.25) is 0 Å². The van der Waals surface area contributed by atoms with Crippen molar-refractivity contribution in [2.75, 3.05) is 26.1 Å². The van der Waals surface area contributed by atoms with Crippen LogP contribution in [0.25, 0.3) is 11.3 Å². The summed E-state index contributed by atoms with van der Waals surface area (Å²) in [4.78, 5) is 12.5. The highest BCUT2D eigenvalue weighted by Crippen LogP contribution is 2.34. The van der Waals surface area contributed by atoms with Gasteiger partial charge in [0.1, 0.15) is 28.9 Å².